The van der Waals surface area contributed by atoms with Gasteiger partial charge in [-0.1, -0.05) is 95.1 Å². The number of rotatable bonds is 9. The van der Waals surface area contributed by atoms with Gasteiger partial charge in [0.25, 0.3) is 0 Å². The average molecular weight is 564 g/mol. The van der Waals surface area contributed by atoms with Crippen molar-refractivity contribution in [3.05, 3.63) is 60.2 Å². The molecule has 0 aromatic heterocycles. The Labute approximate surface area is 244 Å². The Morgan fingerprint density at radius 2 is 1.49 bits per heavy atom. The van der Waals surface area contributed by atoms with Gasteiger partial charge >= 0.3 is 5.97 Å². The van der Waals surface area contributed by atoms with E-state index < -0.39 is 42.0 Å². The van der Waals surface area contributed by atoms with Crippen LogP contribution in [-0.2, 0) is 30.3 Å². The first-order valence-corrected chi connectivity index (χ1v) is 14.8. The number of ether oxygens (including phenoxy) is 1. The highest BCUT2D eigenvalue weighted by Gasteiger charge is 2.33. The summed E-state index contributed by atoms with van der Waals surface area (Å²) >= 11 is 0. The van der Waals surface area contributed by atoms with E-state index in [1.807, 2.05) is 75.4 Å². The molecule has 41 heavy (non-hydrogen) atoms. The van der Waals surface area contributed by atoms with Crippen molar-refractivity contribution in [3.8, 4) is 11.1 Å². The lowest BCUT2D eigenvalue weighted by atomic mass is 9.94. The highest BCUT2D eigenvalue weighted by Crippen LogP contribution is 2.22. The van der Waals surface area contributed by atoms with Gasteiger partial charge in [0.1, 0.15) is 24.2 Å². The normalized spacial score (nSPS) is 23.3. The van der Waals surface area contributed by atoms with E-state index in [9.17, 15) is 19.2 Å². The fourth-order valence-electron chi connectivity index (χ4n) is 5.01. The first-order valence-electron chi connectivity index (χ1n) is 14.8. The lowest BCUT2D eigenvalue weighted by Crippen LogP contribution is -2.55. The summed E-state index contributed by atoms with van der Waals surface area (Å²) in [5.74, 6) is -1.82. The second-order valence-electron chi connectivity index (χ2n) is 11.6. The van der Waals surface area contributed by atoms with Crippen LogP contribution in [0.1, 0.15) is 72.3 Å². The fourth-order valence-corrected chi connectivity index (χ4v) is 5.01. The van der Waals surface area contributed by atoms with Crippen molar-refractivity contribution in [3.63, 3.8) is 0 Å². The fraction of sp³-hybridized carbons (Fsp3) is 0.515. The smallest absolute Gasteiger partial charge is 0.328 e. The van der Waals surface area contributed by atoms with Crippen molar-refractivity contribution in [2.24, 2.45) is 11.8 Å². The van der Waals surface area contributed by atoms with E-state index in [0.29, 0.717) is 6.42 Å². The zero-order valence-electron chi connectivity index (χ0n) is 24.9. The average Bonchev–Trinajstić information content (AvgIpc) is 2.95. The number of unbranched alkanes of at least 4 members (excludes halogenated alkanes) is 1. The Hall–Kier alpha value is -3.68. The summed E-state index contributed by atoms with van der Waals surface area (Å²) in [5, 5.41) is 8.36. The van der Waals surface area contributed by atoms with Crippen molar-refractivity contribution in [1.82, 2.24) is 16.0 Å². The van der Waals surface area contributed by atoms with Crippen LogP contribution in [0.4, 0.5) is 0 Å². The zero-order chi connectivity index (χ0) is 29.9. The third kappa shape index (κ3) is 9.73. The number of nitrogens with one attached hydrogen (secondary N) is 3. The number of amides is 3. The van der Waals surface area contributed by atoms with Gasteiger partial charge in [-0.15, -0.1) is 0 Å². The molecule has 0 aliphatic carbocycles. The van der Waals surface area contributed by atoms with E-state index in [1.165, 1.54) is 0 Å². The van der Waals surface area contributed by atoms with E-state index in [2.05, 4.69) is 22.9 Å². The Morgan fingerprint density at radius 3 is 2.12 bits per heavy atom. The van der Waals surface area contributed by atoms with Crippen LogP contribution in [-0.4, -0.2) is 47.9 Å². The largest absolute Gasteiger partial charge is 0.460 e. The summed E-state index contributed by atoms with van der Waals surface area (Å²) in [5.41, 5.74) is 2.99. The number of cyclic esters (lactones) is 1. The number of benzene rings is 2. The molecule has 2 aromatic rings. The SMILES string of the molecule is CCCC[C@H](C)[C@@H]1CC(=O)N[C@@H](Cc2ccc(-c3ccccc3)cc2)C(=O)N[C@@H](C)C(=O)N[C@H](CC(C)C)C(=O)O1. The summed E-state index contributed by atoms with van der Waals surface area (Å²) in [6, 6.07) is 15.1. The molecule has 1 fully saturated rings. The van der Waals surface area contributed by atoms with Crippen LogP contribution in [0.5, 0.6) is 0 Å². The molecule has 5 atom stereocenters. The van der Waals surface area contributed by atoms with Gasteiger partial charge in [-0.2, -0.15) is 0 Å². The van der Waals surface area contributed by atoms with Crippen molar-refractivity contribution in [1.29, 1.82) is 0 Å². The monoisotopic (exact) mass is 563 g/mol. The topological polar surface area (TPSA) is 114 Å². The molecule has 2 aromatic carbocycles. The van der Waals surface area contributed by atoms with Crippen LogP contribution < -0.4 is 16.0 Å². The van der Waals surface area contributed by atoms with Gasteiger partial charge in [-0.25, -0.2) is 4.79 Å². The van der Waals surface area contributed by atoms with Crippen LogP contribution in [0.15, 0.2) is 54.6 Å². The second-order valence-corrected chi connectivity index (χ2v) is 11.6. The maximum Gasteiger partial charge on any atom is 0.328 e. The highest BCUT2D eigenvalue weighted by atomic mass is 16.5. The Morgan fingerprint density at radius 1 is 0.829 bits per heavy atom. The predicted molar refractivity (Wildman–Crippen MR) is 160 cm³/mol. The number of carbonyl (C=O) groups excluding carboxylic acids is 4. The molecule has 0 bridgehead atoms. The van der Waals surface area contributed by atoms with Gasteiger partial charge in [0.05, 0.1) is 6.42 Å². The van der Waals surface area contributed by atoms with Gasteiger partial charge in [0, 0.05) is 6.42 Å². The molecule has 3 rings (SSSR count). The molecule has 3 amide bonds. The second kappa shape index (κ2) is 15.4. The molecule has 8 heteroatoms. The summed E-state index contributed by atoms with van der Waals surface area (Å²) in [4.78, 5) is 53.0. The van der Waals surface area contributed by atoms with Crippen molar-refractivity contribution >= 4 is 23.7 Å². The van der Waals surface area contributed by atoms with Crippen LogP contribution in [0.2, 0.25) is 0 Å². The van der Waals surface area contributed by atoms with E-state index in [4.69, 9.17) is 4.74 Å². The number of esters is 1. The molecule has 222 valence electrons. The standard InChI is InChI=1S/C33H45N3O5/c1-6-7-11-22(4)29-20-30(37)35-27(19-24-14-16-26(17-15-24)25-12-9-8-10-13-25)32(39)34-23(5)31(38)36-28(18-21(2)3)33(40)41-29/h8-10,12-17,21-23,27-29H,6-7,11,18-20H2,1-5H3,(H,34,39)(H,35,37)(H,36,38)/t22-,23-,27-,28+,29-/m0/s1. The van der Waals surface area contributed by atoms with Crippen molar-refractivity contribution < 1.29 is 23.9 Å². The third-order valence-electron chi connectivity index (χ3n) is 7.51. The maximum atomic E-state index is 13.4. The van der Waals surface area contributed by atoms with E-state index in [-0.39, 0.29) is 30.6 Å². The van der Waals surface area contributed by atoms with Crippen molar-refractivity contribution in [2.75, 3.05) is 0 Å². The molecule has 0 unspecified atom stereocenters. The highest BCUT2D eigenvalue weighted by molar-refractivity contribution is 5.94. The summed E-state index contributed by atoms with van der Waals surface area (Å²) in [6.07, 6.45) is 2.59. The summed E-state index contributed by atoms with van der Waals surface area (Å²) in [7, 11) is 0. The molecule has 0 radical (unpaired) electrons. The number of carbonyl (C=O) groups is 4. The van der Waals surface area contributed by atoms with Crippen LogP contribution in [0.25, 0.3) is 11.1 Å². The molecular formula is C33H45N3O5. The number of hydrogen-bond acceptors (Lipinski definition) is 5. The van der Waals surface area contributed by atoms with Gasteiger partial charge in [-0.3, -0.25) is 14.4 Å². The summed E-state index contributed by atoms with van der Waals surface area (Å²) < 4.78 is 5.91. The van der Waals surface area contributed by atoms with Gasteiger partial charge < -0.3 is 20.7 Å². The molecule has 0 spiro atoms. The lowest BCUT2D eigenvalue weighted by molar-refractivity contribution is -0.157. The predicted octanol–water partition coefficient (Wildman–Crippen LogP) is 4.56. The molecule has 1 aliphatic heterocycles. The first-order chi connectivity index (χ1) is 19.6. The van der Waals surface area contributed by atoms with Crippen LogP contribution in [0, 0.1) is 11.8 Å². The molecule has 1 saturated heterocycles. The number of hydrogen-bond donors (Lipinski definition) is 3. The first kappa shape index (κ1) is 31.8. The minimum absolute atomic E-state index is 0.0642. The minimum atomic E-state index is -0.912. The maximum absolute atomic E-state index is 13.4. The molecule has 3 N–H and O–H groups in total. The molecule has 1 heterocycles. The van der Waals surface area contributed by atoms with Gasteiger partial charge in [-0.05, 0) is 48.3 Å². The van der Waals surface area contributed by atoms with Crippen LogP contribution >= 0.6 is 0 Å². The quantitative estimate of drug-likeness (QED) is 0.387. The Bertz CT molecular complexity index is 1170. The van der Waals surface area contributed by atoms with Gasteiger partial charge in [0.15, 0.2) is 0 Å². The zero-order valence-corrected chi connectivity index (χ0v) is 24.9. The van der Waals surface area contributed by atoms with E-state index >= 15 is 0 Å². The minimum Gasteiger partial charge on any atom is -0.460 e. The van der Waals surface area contributed by atoms with Crippen LogP contribution in [0.3, 0.4) is 0 Å². The summed E-state index contributed by atoms with van der Waals surface area (Å²) in [6.45, 7) is 9.53. The van der Waals surface area contributed by atoms with E-state index in [1.54, 1.807) is 6.92 Å². The molecular weight excluding hydrogens is 518 g/mol. The Balaban J connectivity index is 1.86. The third-order valence-corrected chi connectivity index (χ3v) is 7.51. The van der Waals surface area contributed by atoms with Crippen molar-refractivity contribution in [2.45, 2.75) is 97.4 Å². The Kier molecular flexibility index (Phi) is 11.9. The van der Waals surface area contributed by atoms with Gasteiger partial charge in [0.2, 0.25) is 17.7 Å². The lowest BCUT2D eigenvalue weighted by Gasteiger charge is -2.27. The molecule has 1 aliphatic rings. The molecule has 0 saturated carbocycles. The molecule has 8 nitrogen and oxygen atoms in total. The van der Waals surface area contributed by atoms with E-state index in [0.717, 1.165) is 36.0 Å².